The molecule has 16 unspecified atom stereocenters. The van der Waals surface area contributed by atoms with Gasteiger partial charge in [0.15, 0.2) is 0 Å². The lowest BCUT2D eigenvalue weighted by atomic mass is 9.08. The van der Waals surface area contributed by atoms with Crippen LogP contribution in [-0.4, -0.2) is 23.1 Å². The molecule has 274 valence electrons. The Kier molecular flexibility index (Phi) is 3.69. The fourth-order valence-electron chi connectivity index (χ4n) is 30.2. The smallest absolute Gasteiger partial charge is 0.317 e. The number of hydrogen-bond donors (Lipinski definition) is 0. The predicted octanol–water partition coefficient (Wildman–Crippen LogP) is 8.61. The molecule has 26 fully saturated rings. The molecule has 26 aliphatic carbocycles. The van der Waals surface area contributed by atoms with Crippen LogP contribution in [0.5, 0.6) is 0 Å². The first-order valence-corrected chi connectivity index (χ1v) is 23.5. The Hall–Kier alpha value is -1.06. The van der Waals surface area contributed by atoms with Gasteiger partial charge in [0.25, 0.3) is 0 Å². The Balaban J connectivity index is 0.687. The number of carbonyl (C=O) groups is 2. The van der Waals surface area contributed by atoms with Gasteiger partial charge in [-0.15, -0.1) is 0 Å². The van der Waals surface area contributed by atoms with E-state index in [1.165, 1.54) is 51.4 Å². The Bertz CT molecular complexity index is 1870. The predicted molar refractivity (Wildman–Crippen MR) is 187 cm³/mol. The van der Waals surface area contributed by atoms with Crippen LogP contribution in [-0.2, 0) is 19.1 Å². The van der Waals surface area contributed by atoms with Crippen molar-refractivity contribution < 1.29 is 19.1 Å². The minimum Gasteiger partial charge on any atom is -0.459 e. The molecule has 0 aliphatic heterocycles. The lowest BCUT2D eigenvalue weighted by Gasteiger charge is -2.96. The molecule has 26 rings (SSSR count). The van der Waals surface area contributed by atoms with Crippen LogP contribution in [0.25, 0.3) is 0 Å². The van der Waals surface area contributed by atoms with Crippen molar-refractivity contribution >= 4 is 11.9 Å². The summed E-state index contributed by atoms with van der Waals surface area (Å²) in [4.78, 5) is 28.7. The summed E-state index contributed by atoms with van der Waals surface area (Å²) in [5.41, 5.74) is 2.78. The van der Waals surface area contributed by atoms with Crippen LogP contribution in [0.3, 0.4) is 0 Å². The van der Waals surface area contributed by atoms with Gasteiger partial charge in [-0.1, -0.05) is 6.92 Å². The van der Waals surface area contributed by atoms with Crippen molar-refractivity contribution in [3.05, 3.63) is 0 Å². The molecule has 4 nitrogen and oxygen atoms in total. The van der Waals surface area contributed by atoms with Crippen LogP contribution in [0.4, 0.5) is 0 Å². The van der Waals surface area contributed by atoms with Crippen molar-refractivity contribution in [1.82, 2.24) is 0 Å². The second-order valence-corrected chi connectivity index (χ2v) is 26.8. The van der Waals surface area contributed by atoms with Crippen molar-refractivity contribution in [2.24, 2.45) is 139 Å². The molecule has 26 bridgehead atoms. The van der Waals surface area contributed by atoms with Crippen molar-refractivity contribution in [1.29, 1.82) is 0 Å². The van der Waals surface area contributed by atoms with Gasteiger partial charge in [0, 0.05) is 0 Å². The largest absolute Gasteiger partial charge is 0.459 e. The number of hydrogen-bond acceptors (Lipinski definition) is 4. The molecule has 26 saturated carbocycles. The van der Waals surface area contributed by atoms with E-state index in [4.69, 9.17) is 9.47 Å². The van der Waals surface area contributed by atoms with Crippen LogP contribution in [0.2, 0.25) is 0 Å². The summed E-state index contributed by atoms with van der Waals surface area (Å²) < 4.78 is 14.0. The quantitative estimate of drug-likeness (QED) is 0.218. The van der Waals surface area contributed by atoms with Crippen molar-refractivity contribution in [2.75, 3.05) is 0 Å². The van der Waals surface area contributed by atoms with E-state index in [9.17, 15) is 9.59 Å². The minimum atomic E-state index is -0.328. The van der Waals surface area contributed by atoms with Crippen LogP contribution >= 0.6 is 0 Å². The molecule has 6 spiro atoms. The molecule has 0 aromatic carbocycles. The Morgan fingerprint density at radius 1 is 0.462 bits per heavy atom. The SMILES string of the molecule is CC12CC3(OC(=O)CC(=O)OC45CC6C7C8CC9CC%10%11CC%12CC(C8%10)C6C(C%12)(C4)C%11C7(C9)C5)CC45CC6CC(C7C8CC9CC7(C6)C4C(C9)(C3)C81)C25. The minimum absolute atomic E-state index is 0.136. The third kappa shape index (κ3) is 2.16. The first-order valence-electron chi connectivity index (χ1n) is 23.5. The molecule has 0 heterocycles. The van der Waals surface area contributed by atoms with E-state index in [0.29, 0.717) is 37.9 Å². The number of rotatable bonds is 4. The molecule has 16 atom stereocenters. The molecular weight excluding hydrogens is 641 g/mol. The average Bonchev–Trinajstić information content (AvgIpc) is 2.99. The van der Waals surface area contributed by atoms with Crippen molar-refractivity contribution in [3.8, 4) is 0 Å². The zero-order chi connectivity index (χ0) is 33.3. The lowest BCUT2D eigenvalue weighted by molar-refractivity contribution is -0.491. The zero-order valence-electron chi connectivity index (χ0n) is 31.4. The highest BCUT2D eigenvalue weighted by atomic mass is 16.6. The Labute approximate surface area is 308 Å². The third-order valence-electron chi connectivity index (χ3n) is 25.9. The van der Waals surface area contributed by atoms with Crippen LogP contribution < -0.4 is 0 Å². The van der Waals surface area contributed by atoms with Gasteiger partial charge in [-0.2, -0.15) is 0 Å². The van der Waals surface area contributed by atoms with Gasteiger partial charge in [-0.25, -0.2) is 0 Å². The van der Waals surface area contributed by atoms with E-state index in [1.54, 1.807) is 25.7 Å². The molecule has 52 heavy (non-hydrogen) atoms. The summed E-state index contributed by atoms with van der Waals surface area (Å²) in [6, 6.07) is 0. The van der Waals surface area contributed by atoms with Gasteiger partial charge in [0.2, 0.25) is 0 Å². The van der Waals surface area contributed by atoms with E-state index in [1.807, 2.05) is 0 Å². The van der Waals surface area contributed by atoms with Crippen LogP contribution in [0, 0.1) is 139 Å². The highest BCUT2D eigenvalue weighted by Gasteiger charge is 2.95. The topological polar surface area (TPSA) is 52.6 Å². The van der Waals surface area contributed by atoms with Gasteiger partial charge in [-0.05, 0) is 254 Å². The lowest BCUT2D eigenvalue weighted by Crippen LogP contribution is -2.92. The summed E-state index contributed by atoms with van der Waals surface area (Å²) in [6.07, 6.45) is 24.9. The Morgan fingerprint density at radius 3 is 1.42 bits per heavy atom. The molecule has 0 aromatic heterocycles. The molecule has 0 aromatic rings. The standard InChI is InChI=1S/C48H58O4/c1-40-16-42(19-47-13-23-4-27(36(40)47)35-28-5-24-10-44(35,9-23)39(47)48(14-24,20-42)37(28)40)52-31(50)6-30(49)51-41-15-29-33-25-2-21-7-43-8-22-3-26(32(25)43)34(29)46(12-22,18-41)38(43)45(33,11-21)17-41/h21-29,32-39H,2-20H2,1H3. The molecular formula is C48H58O4. The second-order valence-electron chi connectivity index (χ2n) is 26.8. The van der Waals surface area contributed by atoms with Gasteiger partial charge in [-0.3, -0.25) is 9.59 Å². The maximum Gasteiger partial charge on any atom is 0.317 e. The number of carbonyl (C=O) groups excluding carboxylic acids is 2. The summed E-state index contributed by atoms with van der Waals surface area (Å²) in [7, 11) is 0. The van der Waals surface area contributed by atoms with Gasteiger partial charge in [0.1, 0.15) is 17.6 Å². The molecule has 4 heteroatoms. The summed E-state index contributed by atoms with van der Waals surface area (Å²) in [5.74, 6) is 15.7. The van der Waals surface area contributed by atoms with Crippen LogP contribution in [0.15, 0.2) is 0 Å². The zero-order valence-corrected chi connectivity index (χ0v) is 31.4. The van der Waals surface area contributed by atoms with E-state index < -0.39 is 0 Å². The normalized spacial score (nSPS) is 78.2. The van der Waals surface area contributed by atoms with E-state index in [0.717, 1.165) is 139 Å². The first-order chi connectivity index (χ1) is 25.0. The van der Waals surface area contributed by atoms with Gasteiger partial charge >= 0.3 is 11.9 Å². The number of esters is 2. The Morgan fingerprint density at radius 2 is 0.865 bits per heavy atom. The highest BCUT2D eigenvalue weighted by Crippen LogP contribution is 2.99. The molecule has 0 N–H and O–H groups in total. The third-order valence-corrected chi connectivity index (χ3v) is 25.9. The van der Waals surface area contributed by atoms with Crippen LogP contribution in [0.1, 0.15) is 129 Å². The fourth-order valence-corrected chi connectivity index (χ4v) is 30.2. The summed E-state index contributed by atoms with van der Waals surface area (Å²) >= 11 is 0. The molecule has 0 radical (unpaired) electrons. The molecule has 0 saturated heterocycles. The molecule has 0 amide bonds. The first kappa shape index (κ1) is 27.5. The van der Waals surface area contributed by atoms with Crippen molar-refractivity contribution in [3.63, 3.8) is 0 Å². The van der Waals surface area contributed by atoms with E-state index in [2.05, 4.69) is 6.92 Å². The molecule has 26 aliphatic rings. The maximum absolute atomic E-state index is 14.4. The summed E-state index contributed by atoms with van der Waals surface area (Å²) in [5, 5.41) is 0. The highest BCUT2D eigenvalue weighted by molar-refractivity contribution is 5.91. The fraction of sp³-hybridized carbons (Fsp3) is 0.958. The monoisotopic (exact) mass is 698 g/mol. The average molecular weight is 699 g/mol. The van der Waals surface area contributed by atoms with Gasteiger partial charge in [0.05, 0.1) is 0 Å². The van der Waals surface area contributed by atoms with E-state index >= 15 is 0 Å². The summed E-state index contributed by atoms with van der Waals surface area (Å²) in [6.45, 7) is 2.73. The number of ether oxygens (including phenoxy) is 2. The van der Waals surface area contributed by atoms with Crippen molar-refractivity contribution in [2.45, 2.75) is 140 Å². The van der Waals surface area contributed by atoms with E-state index in [-0.39, 0.29) is 29.6 Å². The van der Waals surface area contributed by atoms with Gasteiger partial charge < -0.3 is 9.47 Å². The maximum atomic E-state index is 14.4. The second kappa shape index (κ2) is 6.98.